The molecule has 9 nitrogen and oxygen atoms in total. The van der Waals surface area contributed by atoms with Gasteiger partial charge in [-0.25, -0.2) is 0 Å². The lowest BCUT2D eigenvalue weighted by Gasteiger charge is -2.32. The summed E-state index contributed by atoms with van der Waals surface area (Å²) >= 11 is 0. The Morgan fingerprint density at radius 1 is 1.17 bits per heavy atom. The van der Waals surface area contributed by atoms with Gasteiger partial charge in [-0.3, -0.25) is 19.3 Å². The van der Waals surface area contributed by atoms with Crippen molar-refractivity contribution in [2.75, 3.05) is 51.8 Å². The topological polar surface area (TPSA) is 114 Å². The van der Waals surface area contributed by atoms with Crippen molar-refractivity contribution in [1.29, 1.82) is 0 Å². The summed E-state index contributed by atoms with van der Waals surface area (Å²) in [7, 11) is 1.71. The van der Waals surface area contributed by atoms with Crippen LogP contribution in [-0.4, -0.2) is 74.0 Å². The Kier molecular flexibility index (Phi) is 8.91. The summed E-state index contributed by atoms with van der Waals surface area (Å²) in [6.07, 6.45) is 1.46. The van der Waals surface area contributed by atoms with E-state index in [1.807, 2.05) is 13.8 Å². The number of amides is 3. The number of carbonyl (C=O) groups is 3. The largest absolute Gasteiger partial charge is 0.490 e. The first-order chi connectivity index (χ1) is 14.3. The van der Waals surface area contributed by atoms with Crippen LogP contribution in [0.2, 0.25) is 0 Å². The van der Waals surface area contributed by atoms with Crippen molar-refractivity contribution in [3.63, 3.8) is 0 Å². The Hall–Kier alpha value is -2.81. The summed E-state index contributed by atoms with van der Waals surface area (Å²) in [6.45, 7) is 5.86. The molecule has 1 aliphatic rings. The zero-order valence-corrected chi connectivity index (χ0v) is 18.0. The summed E-state index contributed by atoms with van der Waals surface area (Å²) in [5.41, 5.74) is 5.96. The minimum absolute atomic E-state index is 0.0516. The molecule has 1 fully saturated rings. The number of benzene rings is 1. The van der Waals surface area contributed by atoms with Crippen LogP contribution in [-0.2, 0) is 14.4 Å². The monoisotopic (exact) mass is 420 g/mol. The highest BCUT2D eigenvalue weighted by Gasteiger charge is 2.27. The number of ether oxygens (including phenoxy) is 2. The number of rotatable bonds is 10. The molecule has 166 valence electrons. The number of likely N-dealkylation sites (N-methyl/N-ethyl adjacent to an activating group) is 1. The first-order valence-electron chi connectivity index (χ1n) is 10.3. The van der Waals surface area contributed by atoms with Gasteiger partial charge in [-0.15, -0.1) is 0 Å². The van der Waals surface area contributed by atoms with Crippen LogP contribution in [0.3, 0.4) is 0 Å². The summed E-state index contributed by atoms with van der Waals surface area (Å²) < 4.78 is 11.1. The maximum Gasteiger partial charge on any atom is 0.238 e. The first kappa shape index (κ1) is 23.5. The number of hydrogen-bond acceptors (Lipinski definition) is 6. The molecule has 9 heteroatoms. The molecule has 1 aromatic rings. The molecule has 1 saturated heterocycles. The van der Waals surface area contributed by atoms with Crippen molar-refractivity contribution >= 4 is 23.4 Å². The molecule has 0 aliphatic carbocycles. The standard InChI is InChI=1S/C21H32N4O5/c1-4-29-17-9-8-16(11-18(17)30-5-2)23-19(26)13-24(3)14-20(27)25-10-6-7-15(12-25)21(22)28/h8-9,11,15H,4-7,10,12-14H2,1-3H3,(H2,22,28)(H,23,26)/t15-/m0/s1. The second-order valence-corrected chi connectivity index (χ2v) is 7.33. The molecule has 0 bridgehead atoms. The van der Waals surface area contributed by atoms with Gasteiger partial charge in [-0.1, -0.05) is 0 Å². The summed E-state index contributed by atoms with van der Waals surface area (Å²) in [5, 5.41) is 2.81. The van der Waals surface area contributed by atoms with E-state index >= 15 is 0 Å². The van der Waals surface area contributed by atoms with Gasteiger partial charge in [0.25, 0.3) is 0 Å². The van der Waals surface area contributed by atoms with Crippen molar-refractivity contribution in [1.82, 2.24) is 9.80 Å². The molecule has 1 aliphatic heterocycles. The second-order valence-electron chi connectivity index (χ2n) is 7.33. The number of carbonyl (C=O) groups excluding carboxylic acids is 3. The summed E-state index contributed by atoms with van der Waals surface area (Å²) in [5.74, 6) is 0.157. The fourth-order valence-electron chi connectivity index (χ4n) is 3.40. The average Bonchev–Trinajstić information content (AvgIpc) is 2.70. The Morgan fingerprint density at radius 3 is 2.53 bits per heavy atom. The maximum atomic E-state index is 12.5. The number of nitrogens with one attached hydrogen (secondary N) is 1. The highest BCUT2D eigenvalue weighted by molar-refractivity contribution is 5.93. The van der Waals surface area contributed by atoms with Gasteiger partial charge in [0.15, 0.2) is 11.5 Å². The third-order valence-electron chi connectivity index (χ3n) is 4.82. The Labute approximate surface area is 177 Å². The second kappa shape index (κ2) is 11.4. The van der Waals surface area contributed by atoms with Crippen molar-refractivity contribution in [3.8, 4) is 11.5 Å². The van der Waals surface area contributed by atoms with Crippen molar-refractivity contribution in [3.05, 3.63) is 18.2 Å². The van der Waals surface area contributed by atoms with Crippen LogP contribution < -0.4 is 20.5 Å². The third kappa shape index (κ3) is 6.91. The molecule has 2 rings (SSSR count). The summed E-state index contributed by atoms with van der Waals surface area (Å²) in [4.78, 5) is 39.6. The number of primary amides is 1. The quantitative estimate of drug-likeness (QED) is 0.585. The molecule has 1 atom stereocenters. The third-order valence-corrected chi connectivity index (χ3v) is 4.82. The predicted octanol–water partition coefficient (Wildman–Crippen LogP) is 1.08. The molecule has 0 radical (unpaired) electrons. The van der Waals surface area contributed by atoms with Crippen molar-refractivity contribution < 1.29 is 23.9 Å². The smallest absolute Gasteiger partial charge is 0.238 e. The molecule has 1 heterocycles. The van der Waals surface area contributed by atoms with E-state index < -0.39 is 0 Å². The van der Waals surface area contributed by atoms with E-state index in [1.54, 1.807) is 35.0 Å². The Bertz CT molecular complexity index is 755. The normalized spacial score (nSPS) is 16.3. The molecule has 0 saturated carbocycles. The number of likely N-dealkylation sites (tertiary alicyclic amines) is 1. The van der Waals surface area contributed by atoms with Gasteiger partial charge < -0.3 is 25.4 Å². The molecule has 30 heavy (non-hydrogen) atoms. The highest BCUT2D eigenvalue weighted by Crippen LogP contribution is 2.30. The van der Waals surface area contributed by atoms with E-state index in [2.05, 4.69) is 5.32 Å². The number of hydrogen-bond donors (Lipinski definition) is 2. The van der Waals surface area contributed by atoms with E-state index in [9.17, 15) is 14.4 Å². The molecular weight excluding hydrogens is 388 g/mol. The van der Waals surface area contributed by atoms with Gasteiger partial charge in [-0.2, -0.15) is 0 Å². The van der Waals surface area contributed by atoms with Crippen LogP contribution in [0.1, 0.15) is 26.7 Å². The van der Waals surface area contributed by atoms with E-state index in [0.717, 1.165) is 6.42 Å². The van der Waals surface area contributed by atoms with Crippen LogP contribution >= 0.6 is 0 Å². The van der Waals surface area contributed by atoms with Gasteiger partial charge in [0.2, 0.25) is 17.7 Å². The van der Waals surface area contributed by atoms with Crippen molar-refractivity contribution in [2.45, 2.75) is 26.7 Å². The molecule has 0 spiro atoms. The zero-order valence-electron chi connectivity index (χ0n) is 18.0. The van der Waals surface area contributed by atoms with E-state index in [1.165, 1.54) is 0 Å². The number of piperidine rings is 1. The average molecular weight is 421 g/mol. The number of nitrogens with two attached hydrogens (primary N) is 1. The molecule has 1 aromatic carbocycles. The minimum atomic E-state index is -0.373. The van der Waals surface area contributed by atoms with Gasteiger partial charge in [0, 0.05) is 24.8 Å². The van der Waals surface area contributed by atoms with Crippen LogP contribution in [0.15, 0.2) is 18.2 Å². The number of anilines is 1. The predicted molar refractivity (Wildman–Crippen MR) is 113 cm³/mol. The van der Waals surface area contributed by atoms with Crippen LogP contribution in [0.4, 0.5) is 5.69 Å². The Morgan fingerprint density at radius 2 is 1.87 bits per heavy atom. The highest BCUT2D eigenvalue weighted by atomic mass is 16.5. The van der Waals surface area contributed by atoms with E-state index in [-0.39, 0.29) is 36.7 Å². The fourth-order valence-corrected chi connectivity index (χ4v) is 3.40. The van der Waals surface area contributed by atoms with Crippen LogP contribution in [0, 0.1) is 5.92 Å². The lowest BCUT2D eigenvalue weighted by molar-refractivity contribution is -0.135. The Balaban J connectivity index is 1.87. The van der Waals surface area contributed by atoms with E-state index in [0.29, 0.717) is 49.9 Å². The molecule has 3 N–H and O–H groups in total. The van der Waals surface area contributed by atoms with Crippen molar-refractivity contribution in [2.24, 2.45) is 11.7 Å². The zero-order chi connectivity index (χ0) is 22.1. The molecule has 3 amide bonds. The molecule has 0 unspecified atom stereocenters. The SMILES string of the molecule is CCOc1ccc(NC(=O)CN(C)CC(=O)N2CCC[C@H](C(N)=O)C2)cc1OCC. The van der Waals surface area contributed by atoms with Gasteiger partial charge >= 0.3 is 0 Å². The lowest BCUT2D eigenvalue weighted by Crippen LogP contribution is -2.47. The number of nitrogens with zero attached hydrogens (tertiary/aromatic N) is 2. The van der Waals surface area contributed by atoms with Gasteiger partial charge in [0.1, 0.15) is 0 Å². The first-order valence-corrected chi connectivity index (χ1v) is 10.3. The fraction of sp³-hybridized carbons (Fsp3) is 0.571. The maximum absolute atomic E-state index is 12.5. The van der Waals surface area contributed by atoms with Gasteiger partial charge in [-0.05, 0) is 45.9 Å². The molecule has 0 aromatic heterocycles. The minimum Gasteiger partial charge on any atom is -0.490 e. The van der Waals surface area contributed by atoms with Gasteiger partial charge in [0.05, 0.1) is 32.2 Å². The summed E-state index contributed by atoms with van der Waals surface area (Å²) in [6, 6.07) is 5.21. The van der Waals surface area contributed by atoms with E-state index in [4.69, 9.17) is 15.2 Å². The van der Waals surface area contributed by atoms with Crippen LogP contribution in [0.5, 0.6) is 11.5 Å². The molecular formula is C21H32N4O5. The van der Waals surface area contributed by atoms with Crippen LogP contribution in [0.25, 0.3) is 0 Å². The lowest BCUT2D eigenvalue weighted by atomic mass is 9.97.